The number of nitrogens with two attached hydrogens (primary N) is 1. The molecule has 0 radical (unpaired) electrons. The van der Waals surface area contributed by atoms with Gasteiger partial charge in [-0.15, -0.1) is 58.8 Å². The summed E-state index contributed by atoms with van der Waals surface area (Å²) in [5, 5.41) is 59.0. The van der Waals surface area contributed by atoms with Crippen molar-refractivity contribution in [1.29, 1.82) is 0 Å². The van der Waals surface area contributed by atoms with Crippen LogP contribution in [-0.2, 0) is 43.5 Å². The van der Waals surface area contributed by atoms with E-state index < -0.39 is 71.5 Å². The number of aromatic hydroxyl groups is 3. The first kappa shape index (κ1) is 81.2. The van der Waals surface area contributed by atoms with E-state index in [0.29, 0.717) is 64.5 Å². The molecule has 0 spiro atoms. The lowest BCUT2D eigenvalue weighted by Crippen LogP contribution is -2.49. The van der Waals surface area contributed by atoms with Crippen LogP contribution in [-0.4, -0.2) is 158 Å². The van der Waals surface area contributed by atoms with Crippen LogP contribution in [0.4, 0.5) is 0 Å². The number of hydrogen-bond donors (Lipinski definition) is 15. The minimum atomic E-state index is -1.40. The number of rotatable bonds is 25. The van der Waals surface area contributed by atoms with Crippen molar-refractivity contribution in [2.45, 2.75) is 58.5 Å². The number of aromatic amines is 2. The number of aryl methyl sites for hydroxylation is 3. The predicted molar refractivity (Wildman–Crippen MR) is 391 cm³/mol. The van der Waals surface area contributed by atoms with Gasteiger partial charge in [0, 0.05) is 39.3 Å². The number of benzene rings is 5. The number of carbonyl (C=O) groups is 11. The number of ether oxygens (including phenoxy) is 2. The van der Waals surface area contributed by atoms with E-state index in [4.69, 9.17) is 10.5 Å². The van der Waals surface area contributed by atoms with Gasteiger partial charge in [-0.2, -0.15) is 0 Å². The Morgan fingerprint density at radius 1 is 0.442 bits per heavy atom. The highest BCUT2D eigenvalue weighted by Gasteiger charge is 2.29. The van der Waals surface area contributed by atoms with Gasteiger partial charge in [0.2, 0.25) is 0 Å². The number of aliphatic carboxylic acids is 1. The summed E-state index contributed by atoms with van der Waals surface area (Å²) in [5.41, 5.74) is 12.2. The van der Waals surface area contributed by atoms with Gasteiger partial charge < -0.3 is 88.1 Å². The third kappa shape index (κ3) is 21.9. The second kappa shape index (κ2) is 38.3. The number of para-hydroxylation sites is 2. The number of thiophene rings is 3. The molecule has 16 N–H and O–H groups in total. The van der Waals surface area contributed by atoms with Crippen LogP contribution in [0.2, 0.25) is 0 Å². The van der Waals surface area contributed by atoms with Crippen LogP contribution in [0.15, 0.2) is 140 Å². The maximum absolute atomic E-state index is 13.0. The zero-order chi connectivity index (χ0) is 73.7. The largest absolute Gasteiger partial charge is 0.508 e. The van der Waals surface area contributed by atoms with Crippen molar-refractivity contribution in [3.8, 4) is 17.2 Å². The van der Waals surface area contributed by atoms with E-state index in [1.165, 1.54) is 45.1 Å². The quantitative estimate of drug-likeness (QED) is 0.0282. The van der Waals surface area contributed by atoms with Crippen LogP contribution < -0.4 is 48.3 Å². The van der Waals surface area contributed by atoms with Crippen molar-refractivity contribution >= 4 is 146 Å². The number of H-pyrrole nitrogens is 2. The molecule has 35 heteroatoms. The Balaban J connectivity index is 0.000000246. The molecule has 10 aromatic rings. The Morgan fingerprint density at radius 2 is 0.769 bits per heavy atom. The highest BCUT2D eigenvalue weighted by atomic mass is 35.5. The highest BCUT2D eigenvalue weighted by molar-refractivity contribution is 7.17. The van der Waals surface area contributed by atoms with Crippen LogP contribution in [0.3, 0.4) is 0 Å². The molecular weight excluding hydrogens is 1450 g/mol. The summed E-state index contributed by atoms with van der Waals surface area (Å²) in [6.07, 6.45) is 2.93. The summed E-state index contributed by atoms with van der Waals surface area (Å²) >= 11 is 2.92. The Hall–Kier alpha value is -11.8. The van der Waals surface area contributed by atoms with E-state index in [2.05, 4.69) is 67.2 Å². The zero-order valence-electron chi connectivity index (χ0n) is 55.9. The molecule has 0 saturated carbocycles. The number of hydrogen-bond acceptors (Lipinski definition) is 22. The SMILES string of the molecule is COC(=O)[C@H](CN)NC(=O)c1sc(C(=O)NCc2cccc(O)c2)cc1C.COC(=O)[C@H](CNC(=O)c1cccc2[nH]cnc12)NC(=O)c1sc(C(=O)NCc2cccc(O)c2)cc1C.Cc1cc(C(=O)NCc2cccc(O)c2)sc1C(=O)N[C@@H](CNC(=O)c1cccc2[nH]cnc12)C(=O)O.Cl.Cl. The molecule has 10 rings (SSSR count). The number of methoxy groups -OCH3 is 2. The number of phenolic OH excluding ortho intramolecular Hbond substituents is 3. The first-order chi connectivity index (χ1) is 48.8. The summed E-state index contributed by atoms with van der Waals surface area (Å²) in [6, 6.07) is 30.8. The van der Waals surface area contributed by atoms with E-state index in [-0.39, 0.29) is 113 Å². The fraction of sp³-hybridized carbons (Fsp3) is 0.203. The van der Waals surface area contributed by atoms with Crippen LogP contribution in [0.25, 0.3) is 22.1 Å². The van der Waals surface area contributed by atoms with Crippen LogP contribution in [0.1, 0.15) is 112 Å². The van der Waals surface area contributed by atoms with Gasteiger partial charge in [0.15, 0.2) is 0 Å². The zero-order valence-corrected chi connectivity index (χ0v) is 59.9. The fourth-order valence-electron chi connectivity index (χ4n) is 9.71. The first-order valence-corrected chi connectivity index (χ1v) is 33.2. The maximum atomic E-state index is 13.0. The molecule has 0 bridgehead atoms. The lowest BCUT2D eigenvalue weighted by molar-refractivity contribution is -0.143. The number of halogens is 2. The topological polar surface area (TPSA) is 467 Å². The molecule has 5 heterocycles. The smallest absolute Gasteiger partial charge is 0.330 e. The van der Waals surface area contributed by atoms with Crippen LogP contribution in [0, 0.1) is 20.8 Å². The molecule has 104 heavy (non-hydrogen) atoms. The summed E-state index contributed by atoms with van der Waals surface area (Å²) in [7, 11) is 2.39. The van der Waals surface area contributed by atoms with Crippen molar-refractivity contribution in [1.82, 2.24) is 62.5 Å². The average molecular weight is 1520 g/mol. The molecule has 5 aromatic carbocycles. The number of esters is 2. The van der Waals surface area contributed by atoms with Gasteiger partial charge in [0.25, 0.3) is 47.3 Å². The molecule has 0 aliphatic rings. The van der Waals surface area contributed by atoms with Crippen LogP contribution >= 0.6 is 58.8 Å². The first-order valence-electron chi connectivity index (χ1n) is 30.8. The molecule has 0 unspecified atom stereocenters. The number of carboxylic acids is 1. The highest BCUT2D eigenvalue weighted by Crippen LogP contribution is 2.26. The molecule has 546 valence electrons. The number of imidazole rings is 2. The second-order valence-corrected chi connectivity index (χ2v) is 25.4. The number of nitrogens with one attached hydrogen (secondary N) is 10. The fourth-order valence-corrected chi connectivity index (χ4v) is 12.7. The van der Waals surface area contributed by atoms with E-state index in [0.717, 1.165) is 45.1 Å². The maximum Gasteiger partial charge on any atom is 0.330 e. The third-order valence-corrected chi connectivity index (χ3v) is 18.6. The molecule has 0 fully saturated rings. The number of phenols is 3. The van der Waals surface area contributed by atoms with Gasteiger partial charge in [0.1, 0.15) is 46.4 Å². The Kier molecular flexibility index (Phi) is 29.9. The number of amides is 8. The minimum absolute atomic E-state index is 0. The molecule has 8 amide bonds. The summed E-state index contributed by atoms with van der Waals surface area (Å²) in [5.74, 6) is -6.30. The standard InChI is InChI=1S/C26H25N5O6S.C25H23N5O6S.C18H21N3O5S.2ClH/c1-14-9-20(24(34)27-11-15-5-3-6-16(32)10-15)38-22(14)25(35)31-19(26(36)37-2)12-28-23(33)17-7-4-8-18-21(17)30-13-29-18;1-13-8-19(23(33)26-10-14-4-2-5-15(31)9-14)37-21(13)24(34)30-18(25(35)36)11-27-22(32)16-6-3-7-17-20(16)29-12-28-17;1-10-6-14(16(23)20-9-11-4-3-5-12(22)7-11)27-15(10)17(24)21-13(8-19)18(25)26-2;;/h3-10,13,19,32H,11-12H2,1-2H3,(H,27,34)(H,28,33)(H,29,30)(H,31,35);2-9,12,18,31H,10-11H2,1H3,(H,26,33)(H,27,32)(H,28,29)(H,30,34)(H,35,36);3-7,13,22H,8-9,19H2,1-2H3,(H,20,23)(H,21,24);2*1H/t19-;18-;13-;;/m000../s1. The van der Waals surface area contributed by atoms with Gasteiger partial charge >= 0.3 is 17.9 Å². The van der Waals surface area contributed by atoms with Crippen LogP contribution in [0.5, 0.6) is 17.2 Å². The number of aromatic nitrogens is 4. The monoisotopic (exact) mass is 1520 g/mol. The Morgan fingerprint density at radius 3 is 1.11 bits per heavy atom. The number of fused-ring (bicyclic) bond motifs is 2. The van der Waals surface area contributed by atoms with Gasteiger partial charge in [-0.3, -0.25) is 38.4 Å². The lowest BCUT2D eigenvalue weighted by atomic mass is 10.1. The summed E-state index contributed by atoms with van der Waals surface area (Å²) in [6.45, 7) is 4.95. The molecule has 5 aromatic heterocycles. The van der Waals surface area contributed by atoms with Crippen molar-refractivity contribution in [3.63, 3.8) is 0 Å². The van der Waals surface area contributed by atoms with Crippen molar-refractivity contribution in [3.05, 3.63) is 214 Å². The Bertz CT molecular complexity index is 4780. The van der Waals surface area contributed by atoms with Gasteiger partial charge in [0.05, 0.1) is 78.3 Å². The van der Waals surface area contributed by atoms with Gasteiger partial charge in [-0.05, 0) is 133 Å². The number of nitrogens with zero attached hydrogens (tertiary/aromatic N) is 2. The molecule has 0 aliphatic carbocycles. The summed E-state index contributed by atoms with van der Waals surface area (Å²) < 4.78 is 9.38. The van der Waals surface area contributed by atoms with E-state index >= 15 is 0 Å². The second-order valence-electron chi connectivity index (χ2n) is 22.3. The minimum Gasteiger partial charge on any atom is -0.508 e. The predicted octanol–water partition coefficient (Wildman–Crippen LogP) is 6.22. The average Bonchev–Trinajstić information content (AvgIpc) is 1.67. The number of carboxylic acid groups (broad SMARTS) is 1. The van der Waals surface area contributed by atoms with Crippen molar-refractivity contribution in [2.75, 3.05) is 33.9 Å². The molecule has 3 atom stereocenters. The van der Waals surface area contributed by atoms with Crippen molar-refractivity contribution in [2.24, 2.45) is 5.73 Å². The molecular formula is C69H71Cl2N13O17S3. The van der Waals surface area contributed by atoms with E-state index in [9.17, 15) is 73.2 Å². The van der Waals surface area contributed by atoms with Gasteiger partial charge in [-0.1, -0.05) is 48.5 Å². The van der Waals surface area contributed by atoms with Crippen molar-refractivity contribution < 1.29 is 82.6 Å². The summed E-state index contributed by atoms with van der Waals surface area (Å²) in [4.78, 5) is 153. The van der Waals surface area contributed by atoms with E-state index in [1.54, 1.807) is 130 Å². The third-order valence-electron chi connectivity index (χ3n) is 14.9. The molecule has 0 saturated heterocycles. The van der Waals surface area contributed by atoms with E-state index in [1.807, 2.05) is 0 Å². The molecule has 0 aliphatic heterocycles. The molecule has 30 nitrogen and oxygen atoms in total. The normalized spacial score (nSPS) is 11.3. The number of carbonyl (C=O) groups excluding carboxylic acids is 10. The Labute approximate surface area is 616 Å². The van der Waals surface area contributed by atoms with Gasteiger partial charge in [-0.25, -0.2) is 24.4 Å². The lowest BCUT2D eigenvalue weighted by Gasteiger charge is -2.17.